The summed E-state index contributed by atoms with van der Waals surface area (Å²) in [6, 6.07) is 11.4. The van der Waals surface area contributed by atoms with Gasteiger partial charge in [-0.2, -0.15) is 0 Å². The number of rotatable bonds is 7. The maximum Gasteiger partial charge on any atom is 0.241 e. The summed E-state index contributed by atoms with van der Waals surface area (Å²) in [6.45, 7) is 9.73. The predicted molar refractivity (Wildman–Crippen MR) is 115 cm³/mol. The average molecular weight is 403 g/mol. The number of nitrogens with one attached hydrogen (secondary N) is 1. The van der Waals surface area contributed by atoms with Crippen molar-refractivity contribution in [2.45, 2.75) is 47.1 Å². The number of hydrogen-bond donors (Lipinski definition) is 1. The van der Waals surface area contributed by atoms with Crippen molar-refractivity contribution in [3.8, 4) is 0 Å². The summed E-state index contributed by atoms with van der Waals surface area (Å²) in [5.74, 6) is -0.325. The minimum atomic E-state index is -3.59. The highest BCUT2D eigenvalue weighted by atomic mass is 32.2. The van der Waals surface area contributed by atoms with E-state index in [0.717, 1.165) is 39.2 Å². The number of sulfonamides is 1. The van der Waals surface area contributed by atoms with Crippen LogP contribution in [0.15, 0.2) is 36.4 Å². The van der Waals surface area contributed by atoms with E-state index in [9.17, 15) is 13.2 Å². The van der Waals surface area contributed by atoms with Gasteiger partial charge in [-0.3, -0.25) is 9.10 Å². The molecular weight excluding hydrogens is 372 g/mol. The number of anilines is 1. The van der Waals surface area contributed by atoms with Crippen molar-refractivity contribution in [1.82, 2.24) is 5.32 Å². The van der Waals surface area contributed by atoms with Gasteiger partial charge < -0.3 is 5.32 Å². The second kappa shape index (κ2) is 8.78. The molecule has 0 unspecified atom stereocenters. The van der Waals surface area contributed by atoms with E-state index in [1.54, 1.807) is 12.1 Å². The first-order valence-electron chi connectivity index (χ1n) is 9.44. The molecule has 0 saturated heterocycles. The second-order valence-corrected chi connectivity index (χ2v) is 9.32. The highest BCUT2D eigenvalue weighted by molar-refractivity contribution is 7.92. The summed E-state index contributed by atoms with van der Waals surface area (Å²) in [6.07, 6.45) is 1.84. The Labute approximate surface area is 168 Å². The SMILES string of the molecule is CC[C@@H](NC(=O)CN(c1ccc(C)c(C)c1)S(C)(=O)=O)c1ccc(C)c(C)c1. The zero-order valence-corrected chi connectivity index (χ0v) is 18.4. The predicted octanol–water partition coefficient (Wildman–Crippen LogP) is 3.95. The fourth-order valence-corrected chi connectivity index (χ4v) is 3.90. The third-order valence-electron chi connectivity index (χ3n) is 5.14. The van der Waals surface area contributed by atoms with Gasteiger partial charge in [-0.25, -0.2) is 8.42 Å². The van der Waals surface area contributed by atoms with Crippen molar-refractivity contribution in [2.24, 2.45) is 0 Å². The number of carbonyl (C=O) groups excluding carboxylic acids is 1. The first kappa shape index (κ1) is 22.0. The summed E-state index contributed by atoms with van der Waals surface area (Å²) in [7, 11) is -3.59. The molecule has 0 aliphatic carbocycles. The van der Waals surface area contributed by atoms with Crippen LogP contribution in [0.5, 0.6) is 0 Å². The molecule has 6 heteroatoms. The molecule has 28 heavy (non-hydrogen) atoms. The van der Waals surface area contributed by atoms with Crippen LogP contribution < -0.4 is 9.62 Å². The van der Waals surface area contributed by atoms with Gasteiger partial charge >= 0.3 is 0 Å². The molecule has 0 spiro atoms. The lowest BCUT2D eigenvalue weighted by molar-refractivity contribution is -0.120. The minimum absolute atomic E-state index is 0.159. The zero-order valence-electron chi connectivity index (χ0n) is 17.5. The van der Waals surface area contributed by atoms with Crippen LogP contribution in [0.2, 0.25) is 0 Å². The van der Waals surface area contributed by atoms with Gasteiger partial charge in [0, 0.05) is 0 Å². The van der Waals surface area contributed by atoms with Gasteiger partial charge in [0.1, 0.15) is 6.54 Å². The van der Waals surface area contributed by atoms with Crippen molar-refractivity contribution >= 4 is 21.6 Å². The van der Waals surface area contributed by atoms with Crippen molar-refractivity contribution in [1.29, 1.82) is 0 Å². The largest absolute Gasteiger partial charge is 0.348 e. The molecule has 5 nitrogen and oxygen atoms in total. The molecule has 0 saturated carbocycles. The molecular formula is C22H30N2O3S. The van der Waals surface area contributed by atoms with E-state index < -0.39 is 10.0 Å². The monoisotopic (exact) mass is 402 g/mol. The van der Waals surface area contributed by atoms with E-state index in [0.29, 0.717) is 5.69 Å². The van der Waals surface area contributed by atoms with Gasteiger partial charge in [-0.05, 0) is 74.1 Å². The van der Waals surface area contributed by atoms with Gasteiger partial charge in [-0.15, -0.1) is 0 Å². The Morgan fingerprint density at radius 1 is 0.964 bits per heavy atom. The highest BCUT2D eigenvalue weighted by Crippen LogP contribution is 2.22. The van der Waals surface area contributed by atoms with E-state index in [-0.39, 0.29) is 18.5 Å². The van der Waals surface area contributed by atoms with Crippen LogP contribution in [0.4, 0.5) is 5.69 Å². The van der Waals surface area contributed by atoms with Gasteiger partial charge in [-0.1, -0.05) is 31.2 Å². The van der Waals surface area contributed by atoms with Crippen LogP contribution >= 0.6 is 0 Å². The van der Waals surface area contributed by atoms with E-state index >= 15 is 0 Å². The number of nitrogens with zero attached hydrogens (tertiary/aromatic N) is 1. The van der Waals surface area contributed by atoms with Crippen LogP contribution in [0, 0.1) is 27.7 Å². The lowest BCUT2D eigenvalue weighted by atomic mass is 9.99. The van der Waals surface area contributed by atoms with E-state index in [1.807, 2.05) is 52.8 Å². The maximum atomic E-state index is 12.7. The molecule has 2 aromatic carbocycles. The Balaban J connectivity index is 2.22. The molecule has 0 bridgehead atoms. The van der Waals surface area contributed by atoms with E-state index in [4.69, 9.17) is 0 Å². The van der Waals surface area contributed by atoms with Crippen molar-refractivity contribution in [3.63, 3.8) is 0 Å². The zero-order chi connectivity index (χ0) is 21.1. The number of amides is 1. The first-order valence-corrected chi connectivity index (χ1v) is 11.3. The van der Waals surface area contributed by atoms with Crippen LogP contribution in [0.3, 0.4) is 0 Å². The molecule has 0 fully saturated rings. The molecule has 1 amide bonds. The third kappa shape index (κ3) is 5.35. The van der Waals surface area contributed by atoms with Crippen LogP contribution in [0.25, 0.3) is 0 Å². The molecule has 0 aliphatic rings. The maximum absolute atomic E-state index is 12.7. The summed E-state index contributed by atoms with van der Waals surface area (Å²) in [4.78, 5) is 12.7. The number of carbonyl (C=O) groups is 1. The lowest BCUT2D eigenvalue weighted by Crippen LogP contribution is -2.41. The number of benzene rings is 2. The van der Waals surface area contributed by atoms with Gasteiger partial charge in [0.05, 0.1) is 18.0 Å². The second-order valence-electron chi connectivity index (χ2n) is 7.41. The Morgan fingerprint density at radius 2 is 1.54 bits per heavy atom. The lowest BCUT2D eigenvalue weighted by Gasteiger charge is -2.25. The van der Waals surface area contributed by atoms with E-state index in [1.165, 1.54) is 5.56 Å². The summed E-state index contributed by atoms with van der Waals surface area (Å²) >= 11 is 0. The standard InChI is InChI=1S/C22H30N2O3S/c1-7-21(19-10-8-15(2)17(4)12-19)23-22(25)14-24(28(6,26)27)20-11-9-16(3)18(5)13-20/h8-13,21H,7,14H2,1-6H3,(H,23,25)/t21-/m1/s1. The molecule has 2 aromatic rings. The topological polar surface area (TPSA) is 66.5 Å². The smallest absolute Gasteiger partial charge is 0.241 e. The molecule has 0 heterocycles. The average Bonchev–Trinajstić information content (AvgIpc) is 2.61. The molecule has 1 N–H and O–H groups in total. The van der Waals surface area contributed by atoms with Crippen molar-refractivity contribution in [2.75, 3.05) is 17.1 Å². The Bertz CT molecular complexity index is 968. The summed E-state index contributed by atoms with van der Waals surface area (Å²) in [5.41, 5.74) is 5.94. The summed E-state index contributed by atoms with van der Waals surface area (Å²) < 4.78 is 25.8. The Morgan fingerprint density at radius 3 is 2.04 bits per heavy atom. The molecule has 2 rings (SSSR count). The van der Waals surface area contributed by atoms with Crippen molar-refractivity contribution < 1.29 is 13.2 Å². The van der Waals surface area contributed by atoms with E-state index in [2.05, 4.69) is 11.4 Å². The normalized spacial score (nSPS) is 12.5. The van der Waals surface area contributed by atoms with Crippen LogP contribution in [0.1, 0.15) is 47.2 Å². The Hall–Kier alpha value is -2.34. The molecule has 1 atom stereocenters. The van der Waals surface area contributed by atoms with Crippen LogP contribution in [-0.2, 0) is 14.8 Å². The van der Waals surface area contributed by atoms with Gasteiger partial charge in [0.2, 0.25) is 15.9 Å². The van der Waals surface area contributed by atoms with Crippen molar-refractivity contribution in [3.05, 3.63) is 64.2 Å². The fourth-order valence-electron chi connectivity index (χ4n) is 3.05. The molecule has 152 valence electrons. The Kier molecular flexibility index (Phi) is 6.88. The number of aryl methyl sites for hydroxylation is 4. The highest BCUT2D eigenvalue weighted by Gasteiger charge is 2.23. The summed E-state index contributed by atoms with van der Waals surface area (Å²) in [5, 5.41) is 2.98. The van der Waals surface area contributed by atoms with Gasteiger partial charge in [0.25, 0.3) is 0 Å². The molecule has 0 aromatic heterocycles. The number of hydrogen-bond acceptors (Lipinski definition) is 3. The fraction of sp³-hybridized carbons (Fsp3) is 0.409. The molecule has 0 aliphatic heterocycles. The first-order chi connectivity index (χ1) is 13.0. The third-order valence-corrected chi connectivity index (χ3v) is 6.28. The molecule has 0 radical (unpaired) electrons. The van der Waals surface area contributed by atoms with Gasteiger partial charge in [0.15, 0.2) is 0 Å². The van der Waals surface area contributed by atoms with Crippen LogP contribution in [-0.4, -0.2) is 27.1 Å². The quantitative estimate of drug-likeness (QED) is 0.762. The minimum Gasteiger partial charge on any atom is -0.348 e.